The number of rotatable bonds is 5. The summed E-state index contributed by atoms with van der Waals surface area (Å²) in [4.78, 5) is 36.6. The summed E-state index contributed by atoms with van der Waals surface area (Å²) in [6, 6.07) is 10.0. The highest BCUT2D eigenvalue weighted by Crippen LogP contribution is 2.32. The topological polar surface area (TPSA) is 79.6 Å². The van der Waals surface area contributed by atoms with Crippen LogP contribution in [0.5, 0.6) is 0 Å². The number of nitrogens with zero attached hydrogens (tertiary/aromatic N) is 2. The van der Waals surface area contributed by atoms with E-state index in [-0.39, 0.29) is 23.3 Å². The third kappa shape index (κ3) is 3.27. The molecule has 126 valence electrons. The molecule has 0 aliphatic carbocycles. The SMILES string of the molecule is C=CCN1C(=O)S/C(=C\c2cccn2-c2ccc(C(=O)O)cc2)C1=O. The maximum absolute atomic E-state index is 12.3. The van der Waals surface area contributed by atoms with E-state index in [0.29, 0.717) is 10.6 Å². The number of hydrogen-bond donors (Lipinski definition) is 1. The van der Waals surface area contributed by atoms with Crippen LogP contribution in [0.3, 0.4) is 0 Å². The average Bonchev–Trinajstić information content (AvgIpc) is 3.16. The molecule has 7 heteroatoms. The molecule has 1 aliphatic heterocycles. The summed E-state index contributed by atoms with van der Waals surface area (Å²) >= 11 is 0.890. The standard InChI is InChI=1S/C18H14N2O4S/c1-2-9-20-16(21)15(25-18(20)24)11-14-4-3-10-19(14)13-7-5-12(6-8-13)17(22)23/h2-8,10-11H,1,9H2,(H,22,23)/b15-11-. The molecule has 0 radical (unpaired) electrons. The molecule has 0 atom stereocenters. The van der Waals surface area contributed by atoms with Gasteiger partial charge in [0.05, 0.1) is 10.5 Å². The van der Waals surface area contributed by atoms with E-state index in [9.17, 15) is 14.4 Å². The molecule has 0 saturated carbocycles. The van der Waals surface area contributed by atoms with Crippen molar-refractivity contribution in [2.45, 2.75) is 0 Å². The Bertz CT molecular complexity index is 896. The summed E-state index contributed by atoms with van der Waals surface area (Å²) in [6.07, 6.45) is 4.96. The smallest absolute Gasteiger partial charge is 0.335 e. The van der Waals surface area contributed by atoms with Gasteiger partial charge in [-0.2, -0.15) is 0 Å². The molecule has 1 N–H and O–H groups in total. The molecule has 1 aliphatic rings. The molecule has 1 aromatic carbocycles. The predicted molar refractivity (Wildman–Crippen MR) is 95.6 cm³/mol. The molecule has 0 unspecified atom stereocenters. The van der Waals surface area contributed by atoms with Crippen molar-refractivity contribution in [1.29, 1.82) is 0 Å². The van der Waals surface area contributed by atoms with Gasteiger partial charge < -0.3 is 9.67 Å². The van der Waals surface area contributed by atoms with Crippen molar-refractivity contribution >= 4 is 35.0 Å². The monoisotopic (exact) mass is 354 g/mol. The van der Waals surface area contributed by atoms with Crippen LogP contribution in [0.4, 0.5) is 4.79 Å². The molecule has 1 saturated heterocycles. The van der Waals surface area contributed by atoms with Crippen LogP contribution in [0.2, 0.25) is 0 Å². The number of aromatic nitrogens is 1. The average molecular weight is 354 g/mol. The van der Waals surface area contributed by atoms with Crippen molar-refractivity contribution in [3.8, 4) is 5.69 Å². The lowest BCUT2D eigenvalue weighted by Gasteiger charge is -2.09. The van der Waals surface area contributed by atoms with E-state index < -0.39 is 5.97 Å². The maximum atomic E-state index is 12.3. The van der Waals surface area contributed by atoms with Crippen molar-refractivity contribution in [2.24, 2.45) is 0 Å². The number of imide groups is 1. The highest BCUT2D eigenvalue weighted by molar-refractivity contribution is 8.18. The molecular weight excluding hydrogens is 340 g/mol. The van der Waals surface area contributed by atoms with E-state index in [2.05, 4.69) is 6.58 Å². The Morgan fingerprint density at radius 3 is 2.56 bits per heavy atom. The quantitative estimate of drug-likeness (QED) is 0.657. The number of aromatic carboxylic acids is 1. The second-order valence-corrected chi connectivity index (χ2v) is 6.23. The Hall–Kier alpha value is -3.06. The van der Waals surface area contributed by atoms with Crippen molar-refractivity contribution < 1.29 is 19.5 Å². The van der Waals surface area contributed by atoms with Gasteiger partial charge in [-0.3, -0.25) is 14.5 Å². The highest BCUT2D eigenvalue weighted by Gasteiger charge is 2.34. The van der Waals surface area contributed by atoms with Crippen molar-refractivity contribution in [3.05, 3.63) is 71.4 Å². The Labute approximate surface area is 148 Å². The zero-order chi connectivity index (χ0) is 18.0. The van der Waals surface area contributed by atoms with Gasteiger partial charge >= 0.3 is 5.97 Å². The number of carbonyl (C=O) groups is 3. The van der Waals surface area contributed by atoms with Crippen molar-refractivity contribution in [2.75, 3.05) is 6.54 Å². The normalized spacial score (nSPS) is 15.8. The predicted octanol–water partition coefficient (Wildman–Crippen LogP) is 3.40. The first-order valence-corrected chi connectivity index (χ1v) is 8.20. The minimum absolute atomic E-state index is 0.180. The largest absolute Gasteiger partial charge is 0.478 e. The van der Waals surface area contributed by atoms with E-state index in [0.717, 1.165) is 22.3 Å². The molecule has 0 spiro atoms. The third-order valence-corrected chi connectivity index (χ3v) is 4.54. The van der Waals surface area contributed by atoms with Crippen LogP contribution < -0.4 is 0 Å². The zero-order valence-electron chi connectivity index (χ0n) is 13.1. The van der Waals surface area contributed by atoms with Gasteiger partial charge in [0.1, 0.15) is 0 Å². The maximum Gasteiger partial charge on any atom is 0.335 e. The van der Waals surface area contributed by atoms with E-state index in [1.807, 2.05) is 16.7 Å². The summed E-state index contributed by atoms with van der Waals surface area (Å²) < 4.78 is 1.81. The minimum Gasteiger partial charge on any atom is -0.478 e. The molecule has 1 fully saturated rings. The van der Waals surface area contributed by atoms with Gasteiger partial charge in [0.15, 0.2) is 0 Å². The first-order valence-electron chi connectivity index (χ1n) is 7.38. The van der Waals surface area contributed by atoms with E-state index in [4.69, 9.17) is 5.11 Å². The Morgan fingerprint density at radius 1 is 1.20 bits per heavy atom. The van der Waals surface area contributed by atoms with Crippen LogP contribution in [-0.4, -0.2) is 38.2 Å². The van der Waals surface area contributed by atoms with Crippen LogP contribution in [0, 0.1) is 0 Å². The fourth-order valence-corrected chi connectivity index (χ4v) is 3.27. The molecule has 0 bridgehead atoms. The van der Waals surface area contributed by atoms with Gasteiger partial charge in [0.2, 0.25) is 0 Å². The van der Waals surface area contributed by atoms with Crippen molar-refractivity contribution in [3.63, 3.8) is 0 Å². The van der Waals surface area contributed by atoms with Crippen LogP contribution in [0.15, 0.2) is 60.2 Å². The second kappa shape index (κ2) is 6.82. The summed E-state index contributed by atoms with van der Waals surface area (Å²) in [5.74, 6) is -1.33. The molecule has 2 amide bonds. The summed E-state index contributed by atoms with van der Waals surface area (Å²) in [5, 5.41) is 8.65. The van der Waals surface area contributed by atoms with Crippen molar-refractivity contribution in [1.82, 2.24) is 9.47 Å². The number of carboxylic acids is 1. The summed E-state index contributed by atoms with van der Waals surface area (Å²) in [7, 11) is 0. The van der Waals surface area contributed by atoms with Gasteiger partial charge in [-0.05, 0) is 54.2 Å². The molecule has 6 nitrogen and oxygen atoms in total. The number of benzene rings is 1. The van der Waals surface area contributed by atoms with Gasteiger partial charge in [-0.25, -0.2) is 4.79 Å². The zero-order valence-corrected chi connectivity index (χ0v) is 13.9. The van der Waals surface area contributed by atoms with E-state index in [1.54, 1.807) is 24.4 Å². The molecule has 25 heavy (non-hydrogen) atoms. The lowest BCUT2D eigenvalue weighted by Crippen LogP contribution is -2.27. The van der Waals surface area contributed by atoms with Crippen LogP contribution in [0.25, 0.3) is 11.8 Å². The third-order valence-electron chi connectivity index (χ3n) is 3.64. The van der Waals surface area contributed by atoms with Gasteiger partial charge in [-0.1, -0.05) is 6.08 Å². The van der Waals surface area contributed by atoms with Crippen LogP contribution >= 0.6 is 11.8 Å². The molecule has 2 aromatic rings. The lowest BCUT2D eigenvalue weighted by molar-refractivity contribution is -0.122. The number of hydrogen-bond acceptors (Lipinski definition) is 4. The fraction of sp³-hybridized carbons (Fsp3) is 0.0556. The number of carbonyl (C=O) groups excluding carboxylic acids is 2. The van der Waals surface area contributed by atoms with E-state index >= 15 is 0 Å². The Morgan fingerprint density at radius 2 is 1.92 bits per heavy atom. The van der Waals surface area contributed by atoms with Gasteiger partial charge in [0.25, 0.3) is 11.1 Å². The summed E-state index contributed by atoms with van der Waals surface area (Å²) in [6.45, 7) is 3.73. The summed E-state index contributed by atoms with van der Waals surface area (Å²) in [5.41, 5.74) is 1.67. The molecule has 2 heterocycles. The first-order chi connectivity index (χ1) is 12.0. The Kier molecular flexibility index (Phi) is 4.58. The lowest BCUT2D eigenvalue weighted by atomic mass is 10.2. The minimum atomic E-state index is -0.991. The molecule has 1 aromatic heterocycles. The van der Waals surface area contributed by atoms with Crippen LogP contribution in [-0.2, 0) is 4.79 Å². The number of thioether (sulfide) groups is 1. The first kappa shape index (κ1) is 16.8. The number of amides is 2. The molecular formula is C18H14N2O4S. The highest BCUT2D eigenvalue weighted by atomic mass is 32.2. The second-order valence-electron chi connectivity index (χ2n) is 5.24. The molecule has 3 rings (SSSR count). The van der Waals surface area contributed by atoms with Crippen LogP contribution in [0.1, 0.15) is 16.1 Å². The Balaban J connectivity index is 1.92. The van der Waals surface area contributed by atoms with Gasteiger partial charge in [0, 0.05) is 24.1 Å². The number of carboxylic acid groups (broad SMARTS) is 1. The van der Waals surface area contributed by atoms with E-state index in [1.165, 1.54) is 18.2 Å². The van der Waals surface area contributed by atoms with Gasteiger partial charge in [-0.15, -0.1) is 6.58 Å². The fourth-order valence-electron chi connectivity index (χ4n) is 2.43.